The molecule has 2 aliphatic heterocycles. The fraction of sp³-hybridized carbons (Fsp3) is 0.706. The van der Waals surface area contributed by atoms with Gasteiger partial charge >= 0.3 is 0 Å². The van der Waals surface area contributed by atoms with E-state index in [0.29, 0.717) is 18.9 Å². The van der Waals surface area contributed by atoms with Crippen molar-refractivity contribution in [1.29, 1.82) is 0 Å². The Morgan fingerprint density at radius 2 is 2.17 bits per heavy atom. The zero-order valence-corrected chi connectivity index (χ0v) is 13.6. The van der Waals surface area contributed by atoms with Gasteiger partial charge in [0.2, 0.25) is 11.8 Å². The minimum Gasteiger partial charge on any atom is -0.342 e. The monoisotopic (exact) mass is 316 g/mol. The Morgan fingerprint density at radius 1 is 1.35 bits per heavy atom. The third kappa shape index (κ3) is 2.86. The van der Waals surface area contributed by atoms with Crippen molar-refractivity contribution in [3.63, 3.8) is 0 Å². The number of carbonyl (C=O) groups is 2. The molecule has 0 aromatic carbocycles. The quantitative estimate of drug-likeness (QED) is 0.842. The molecule has 3 aliphatic rings. The van der Waals surface area contributed by atoms with Crippen molar-refractivity contribution < 1.29 is 9.59 Å². The molecule has 1 aromatic rings. The van der Waals surface area contributed by atoms with Gasteiger partial charge in [0.1, 0.15) is 0 Å². The summed E-state index contributed by atoms with van der Waals surface area (Å²) in [5.74, 6) is 0.844. The predicted octanol–water partition coefficient (Wildman–Crippen LogP) is 1.34. The minimum atomic E-state index is -0.154. The van der Waals surface area contributed by atoms with E-state index in [1.165, 1.54) is 12.8 Å². The summed E-state index contributed by atoms with van der Waals surface area (Å²) in [5.41, 5.74) is 1.11. The molecule has 23 heavy (non-hydrogen) atoms. The lowest BCUT2D eigenvalue weighted by atomic mass is 10.0. The molecular weight excluding hydrogens is 292 g/mol. The number of carbonyl (C=O) groups excluding carboxylic acids is 2. The van der Waals surface area contributed by atoms with Crippen LogP contribution in [-0.4, -0.2) is 51.0 Å². The fourth-order valence-corrected chi connectivity index (χ4v) is 3.95. The van der Waals surface area contributed by atoms with Crippen molar-refractivity contribution in [2.45, 2.75) is 38.1 Å². The Kier molecular flexibility index (Phi) is 3.62. The summed E-state index contributed by atoms with van der Waals surface area (Å²) in [7, 11) is 1.90. The van der Waals surface area contributed by atoms with E-state index in [1.54, 1.807) is 4.68 Å². The van der Waals surface area contributed by atoms with E-state index in [4.69, 9.17) is 0 Å². The van der Waals surface area contributed by atoms with Crippen LogP contribution in [0.15, 0.2) is 12.4 Å². The van der Waals surface area contributed by atoms with Crippen LogP contribution in [0.4, 0.5) is 0 Å². The first-order valence-electron chi connectivity index (χ1n) is 8.68. The summed E-state index contributed by atoms with van der Waals surface area (Å²) in [6.07, 6.45) is 8.73. The molecule has 1 saturated carbocycles. The topological polar surface area (TPSA) is 58.4 Å². The van der Waals surface area contributed by atoms with Crippen LogP contribution in [0.2, 0.25) is 0 Å². The van der Waals surface area contributed by atoms with Gasteiger partial charge in [0.25, 0.3) is 0 Å². The average Bonchev–Trinajstić information content (AvgIpc) is 2.91. The Hall–Kier alpha value is -1.85. The first kappa shape index (κ1) is 14.7. The number of hydrogen-bond acceptors (Lipinski definition) is 3. The highest BCUT2D eigenvalue weighted by Gasteiger charge is 2.41. The third-order valence-corrected chi connectivity index (χ3v) is 5.38. The molecule has 4 rings (SSSR count). The van der Waals surface area contributed by atoms with E-state index in [1.807, 2.05) is 29.2 Å². The zero-order valence-electron chi connectivity index (χ0n) is 13.6. The molecule has 2 amide bonds. The second-order valence-corrected chi connectivity index (χ2v) is 7.28. The molecule has 3 heterocycles. The third-order valence-electron chi connectivity index (χ3n) is 5.38. The normalized spacial score (nSPS) is 28.0. The first-order valence-corrected chi connectivity index (χ1v) is 8.68. The summed E-state index contributed by atoms with van der Waals surface area (Å²) in [6, 6.07) is 0.129. The van der Waals surface area contributed by atoms with E-state index in [9.17, 15) is 9.59 Å². The highest BCUT2D eigenvalue weighted by atomic mass is 16.2. The van der Waals surface area contributed by atoms with Gasteiger partial charge in [-0.15, -0.1) is 0 Å². The van der Waals surface area contributed by atoms with Gasteiger partial charge < -0.3 is 9.80 Å². The maximum absolute atomic E-state index is 13.0. The average molecular weight is 316 g/mol. The molecule has 2 saturated heterocycles. The molecule has 3 fully saturated rings. The van der Waals surface area contributed by atoms with Crippen LogP contribution in [-0.2, 0) is 16.6 Å². The summed E-state index contributed by atoms with van der Waals surface area (Å²) in [4.78, 5) is 29.0. The van der Waals surface area contributed by atoms with Gasteiger partial charge in [-0.25, -0.2) is 0 Å². The van der Waals surface area contributed by atoms with Crippen LogP contribution in [0.3, 0.4) is 0 Å². The van der Waals surface area contributed by atoms with Gasteiger partial charge in [0.05, 0.1) is 18.2 Å². The minimum absolute atomic E-state index is 0.129. The Bertz CT molecular complexity index is 622. The molecular formula is C17H24N4O2. The molecule has 0 bridgehead atoms. The lowest BCUT2D eigenvalue weighted by Gasteiger charge is -2.26. The lowest BCUT2D eigenvalue weighted by Crippen LogP contribution is -2.37. The predicted molar refractivity (Wildman–Crippen MR) is 84.3 cm³/mol. The van der Waals surface area contributed by atoms with Crippen LogP contribution in [0.25, 0.3) is 0 Å². The van der Waals surface area contributed by atoms with E-state index in [2.05, 4.69) is 5.10 Å². The fourth-order valence-electron chi connectivity index (χ4n) is 3.95. The number of amides is 2. The first-order chi connectivity index (χ1) is 11.1. The second kappa shape index (κ2) is 5.65. The van der Waals surface area contributed by atoms with E-state index in [0.717, 1.165) is 31.5 Å². The maximum Gasteiger partial charge on any atom is 0.228 e. The molecule has 1 aliphatic carbocycles. The number of likely N-dealkylation sites (tertiary alicyclic amines) is 2. The van der Waals surface area contributed by atoms with E-state index in [-0.39, 0.29) is 23.8 Å². The van der Waals surface area contributed by atoms with E-state index >= 15 is 0 Å². The molecule has 1 aromatic heterocycles. The van der Waals surface area contributed by atoms with Crippen molar-refractivity contribution in [1.82, 2.24) is 19.6 Å². The summed E-state index contributed by atoms with van der Waals surface area (Å²) in [5, 5.41) is 4.23. The molecule has 0 N–H and O–H groups in total. The van der Waals surface area contributed by atoms with Crippen LogP contribution >= 0.6 is 0 Å². The molecule has 2 unspecified atom stereocenters. The number of aryl methyl sites for hydroxylation is 1. The van der Waals surface area contributed by atoms with Gasteiger partial charge in [-0.2, -0.15) is 5.10 Å². The standard InChI is InChI=1S/C17H24N4O2/c1-19-10-14(8-18-19)15-3-2-6-21(15)17(23)13-7-16(22)20(11-13)9-12-4-5-12/h8,10,12-13,15H,2-7,9,11H2,1H3. The van der Waals surface area contributed by atoms with Crippen molar-refractivity contribution in [2.75, 3.05) is 19.6 Å². The van der Waals surface area contributed by atoms with Gasteiger partial charge in [0.15, 0.2) is 0 Å². The number of aromatic nitrogens is 2. The van der Waals surface area contributed by atoms with Gasteiger partial charge in [-0.05, 0) is 31.6 Å². The van der Waals surface area contributed by atoms with Crippen molar-refractivity contribution in [2.24, 2.45) is 18.9 Å². The Balaban J connectivity index is 1.44. The molecule has 6 heteroatoms. The maximum atomic E-state index is 13.0. The molecule has 0 radical (unpaired) electrons. The zero-order chi connectivity index (χ0) is 16.0. The summed E-state index contributed by atoms with van der Waals surface area (Å²) < 4.78 is 1.78. The van der Waals surface area contributed by atoms with Crippen LogP contribution in [0, 0.1) is 11.8 Å². The number of nitrogens with zero attached hydrogens (tertiary/aromatic N) is 4. The van der Waals surface area contributed by atoms with E-state index < -0.39 is 0 Å². The number of hydrogen-bond donors (Lipinski definition) is 0. The van der Waals surface area contributed by atoms with Crippen LogP contribution < -0.4 is 0 Å². The molecule has 6 nitrogen and oxygen atoms in total. The van der Waals surface area contributed by atoms with Crippen molar-refractivity contribution >= 4 is 11.8 Å². The second-order valence-electron chi connectivity index (χ2n) is 7.28. The SMILES string of the molecule is Cn1cc(C2CCCN2C(=O)C2CC(=O)N(CC3CC3)C2)cn1. The largest absolute Gasteiger partial charge is 0.342 e. The molecule has 0 spiro atoms. The van der Waals surface area contributed by atoms with Crippen LogP contribution in [0.1, 0.15) is 43.7 Å². The number of rotatable bonds is 4. The highest BCUT2D eigenvalue weighted by Crippen LogP contribution is 2.36. The molecule has 2 atom stereocenters. The summed E-state index contributed by atoms with van der Waals surface area (Å²) in [6.45, 7) is 2.27. The smallest absolute Gasteiger partial charge is 0.228 e. The van der Waals surface area contributed by atoms with Crippen molar-refractivity contribution in [3.05, 3.63) is 18.0 Å². The van der Waals surface area contributed by atoms with Crippen LogP contribution in [0.5, 0.6) is 0 Å². The summed E-state index contributed by atoms with van der Waals surface area (Å²) >= 11 is 0. The highest BCUT2D eigenvalue weighted by molar-refractivity contribution is 5.89. The van der Waals surface area contributed by atoms with Gasteiger partial charge in [-0.3, -0.25) is 14.3 Å². The Morgan fingerprint density at radius 3 is 2.87 bits per heavy atom. The van der Waals surface area contributed by atoms with Gasteiger partial charge in [0, 0.05) is 44.9 Å². The van der Waals surface area contributed by atoms with Gasteiger partial charge in [-0.1, -0.05) is 0 Å². The van der Waals surface area contributed by atoms with Crippen molar-refractivity contribution in [3.8, 4) is 0 Å². The Labute approximate surface area is 136 Å². The lowest BCUT2D eigenvalue weighted by molar-refractivity contribution is -0.136. The molecule has 124 valence electrons.